The van der Waals surface area contributed by atoms with Gasteiger partial charge in [-0.2, -0.15) is 0 Å². The summed E-state index contributed by atoms with van der Waals surface area (Å²) in [7, 11) is 3.16. The molecule has 0 bridgehead atoms. The van der Waals surface area contributed by atoms with Gasteiger partial charge in [0.05, 0.1) is 48.4 Å². The molecule has 2 fully saturated rings. The van der Waals surface area contributed by atoms with E-state index in [1.165, 1.54) is 0 Å². The predicted molar refractivity (Wildman–Crippen MR) is 239 cm³/mol. The summed E-state index contributed by atoms with van der Waals surface area (Å²) in [6.07, 6.45) is 3.53. The number of rotatable bonds is 10. The van der Waals surface area contributed by atoms with Crippen LogP contribution in [0.3, 0.4) is 0 Å². The lowest BCUT2D eigenvalue weighted by atomic mass is 9.97. The number of carbonyl (C=O) groups excluding carboxylic acids is 2. The maximum absolute atomic E-state index is 13.8. The average molecular weight is 809 g/mol. The van der Waals surface area contributed by atoms with Crippen LogP contribution in [-0.2, 0) is 19.1 Å². The monoisotopic (exact) mass is 808 g/mol. The second-order valence-electron chi connectivity index (χ2n) is 16.9. The largest absolute Gasteiger partial charge is 0.484 e. The molecule has 60 heavy (non-hydrogen) atoms. The van der Waals surface area contributed by atoms with Crippen LogP contribution in [0, 0.1) is 11.8 Å². The van der Waals surface area contributed by atoms with Gasteiger partial charge in [0.1, 0.15) is 23.7 Å². The van der Waals surface area contributed by atoms with E-state index in [0.29, 0.717) is 24.9 Å². The molecule has 312 valence electrons. The lowest BCUT2D eigenvalue weighted by Crippen LogP contribution is -2.41. The van der Waals surface area contributed by atoms with Crippen molar-refractivity contribution in [3.63, 3.8) is 0 Å². The summed E-state index contributed by atoms with van der Waals surface area (Å²) < 4.78 is 10.6. The molecule has 4 unspecified atom stereocenters. The maximum atomic E-state index is 13.8. The Balaban J connectivity index is 1.03. The van der Waals surface area contributed by atoms with Gasteiger partial charge in [-0.3, -0.25) is 9.59 Å². The van der Waals surface area contributed by atoms with E-state index in [0.717, 1.165) is 92.4 Å². The van der Waals surface area contributed by atoms with Gasteiger partial charge in [0.15, 0.2) is 11.8 Å². The van der Waals surface area contributed by atoms with E-state index in [4.69, 9.17) is 19.4 Å². The number of aliphatic imine (C=N–C) groups is 2. The fourth-order valence-corrected chi connectivity index (χ4v) is 8.78. The SMILES string of the molecule is COC(C)=NC(C(=O)N1CCCC1c1nc2ccc(-c3ccc4ccc(-c5ccc6nc(C7CCCN7C(=O)C(N=C(C)OC)C(C)C)[nH]c6c5)cc4c3)cc2[nH]1)C(C)C. The van der Waals surface area contributed by atoms with Crippen LogP contribution >= 0.6 is 0 Å². The Bertz CT molecular complexity index is 2450. The first-order valence-corrected chi connectivity index (χ1v) is 21.2. The first kappa shape index (κ1) is 40.7. The quantitative estimate of drug-likeness (QED) is 0.104. The Hall–Kier alpha value is -6.04. The lowest BCUT2D eigenvalue weighted by Gasteiger charge is -2.28. The Morgan fingerprint density at radius 1 is 0.617 bits per heavy atom. The minimum atomic E-state index is -0.502. The van der Waals surface area contributed by atoms with Gasteiger partial charge in [0.2, 0.25) is 11.8 Å². The molecule has 0 radical (unpaired) electrons. The van der Waals surface area contributed by atoms with E-state index in [1.807, 2.05) is 37.5 Å². The molecule has 0 aliphatic carbocycles. The normalized spacial score (nSPS) is 18.7. The summed E-state index contributed by atoms with van der Waals surface area (Å²) >= 11 is 0. The summed E-state index contributed by atoms with van der Waals surface area (Å²) in [5.74, 6) is 2.73. The van der Waals surface area contributed by atoms with E-state index in [2.05, 4.69) is 92.7 Å². The van der Waals surface area contributed by atoms with Crippen molar-refractivity contribution in [2.24, 2.45) is 21.8 Å². The van der Waals surface area contributed by atoms with Crippen molar-refractivity contribution in [1.82, 2.24) is 29.7 Å². The Kier molecular flexibility index (Phi) is 11.5. The number of aromatic nitrogens is 4. The van der Waals surface area contributed by atoms with Gasteiger partial charge in [0, 0.05) is 26.9 Å². The van der Waals surface area contributed by atoms with E-state index in [-0.39, 0.29) is 35.7 Å². The van der Waals surface area contributed by atoms with Gasteiger partial charge < -0.3 is 29.2 Å². The molecule has 8 rings (SSSR count). The highest BCUT2D eigenvalue weighted by Gasteiger charge is 2.38. The number of carbonyl (C=O) groups is 2. The van der Waals surface area contributed by atoms with Crippen molar-refractivity contribution in [3.05, 3.63) is 84.4 Å². The van der Waals surface area contributed by atoms with Crippen LogP contribution in [0.2, 0.25) is 0 Å². The minimum Gasteiger partial charge on any atom is -0.484 e. The number of benzene rings is 4. The van der Waals surface area contributed by atoms with Crippen LogP contribution < -0.4 is 0 Å². The molecule has 2 amide bonds. The van der Waals surface area contributed by atoms with Crippen molar-refractivity contribution in [1.29, 1.82) is 0 Å². The number of H-pyrrole nitrogens is 2. The number of hydrogen-bond donors (Lipinski definition) is 2. The summed E-state index contributed by atoms with van der Waals surface area (Å²) in [4.78, 5) is 57.8. The lowest BCUT2D eigenvalue weighted by molar-refractivity contribution is -0.135. The molecule has 2 saturated heterocycles. The third-order valence-electron chi connectivity index (χ3n) is 12.2. The maximum Gasteiger partial charge on any atom is 0.248 e. The standard InChI is InChI=1S/C48H56N8O4/c1-27(2)43(49-29(5)59-7)47(57)55-21-9-11-41(55)45-51-37-19-17-34(25-39(37)53-45)32-15-13-31-14-16-33(24-36(31)23-32)35-18-20-38-40(26-35)54-46(52-38)42-12-10-22-56(42)48(58)44(28(3)4)50-30(6)60-8/h13-20,23-28,41-44H,9-12,21-22H2,1-8H3,(H,51,53)(H,52,54). The van der Waals surface area contributed by atoms with Gasteiger partial charge in [-0.15, -0.1) is 0 Å². The van der Waals surface area contributed by atoms with Crippen LogP contribution in [-0.4, -0.2) is 92.7 Å². The Morgan fingerprint density at radius 3 is 1.42 bits per heavy atom. The molecule has 2 aliphatic rings. The fourth-order valence-electron chi connectivity index (χ4n) is 8.78. The van der Waals surface area contributed by atoms with Gasteiger partial charge in [-0.1, -0.05) is 64.1 Å². The number of methoxy groups -OCH3 is 2. The van der Waals surface area contributed by atoms with Crippen molar-refractivity contribution >= 4 is 56.4 Å². The van der Waals surface area contributed by atoms with Crippen LogP contribution in [0.4, 0.5) is 0 Å². The molecule has 2 aliphatic heterocycles. The zero-order valence-corrected chi connectivity index (χ0v) is 36.0. The van der Waals surface area contributed by atoms with Crippen molar-refractivity contribution in [2.75, 3.05) is 27.3 Å². The number of ether oxygens (including phenoxy) is 2. The number of nitrogens with zero attached hydrogens (tertiary/aromatic N) is 6. The molecule has 2 N–H and O–H groups in total. The highest BCUT2D eigenvalue weighted by atomic mass is 16.5. The zero-order valence-electron chi connectivity index (χ0n) is 36.0. The van der Waals surface area contributed by atoms with E-state index in [1.54, 1.807) is 28.1 Å². The van der Waals surface area contributed by atoms with Gasteiger partial charge in [0.25, 0.3) is 0 Å². The Labute approximate surface area is 351 Å². The minimum absolute atomic E-state index is 0.0128. The summed E-state index contributed by atoms with van der Waals surface area (Å²) in [5.41, 5.74) is 8.01. The number of imidazole rings is 2. The first-order chi connectivity index (χ1) is 28.9. The van der Waals surface area contributed by atoms with Crippen molar-refractivity contribution in [2.45, 2.75) is 91.4 Å². The second-order valence-corrected chi connectivity index (χ2v) is 16.9. The number of aromatic amines is 2. The number of hydrogen-bond acceptors (Lipinski definition) is 8. The van der Waals surface area contributed by atoms with Crippen LogP contribution in [0.1, 0.15) is 91.0 Å². The molecule has 12 heteroatoms. The second kappa shape index (κ2) is 16.9. The molecular weight excluding hydrogens is 753 g/mol. The third-order valence-corrected chi connectivity index (χ3v) is 12.2. The molecule has 12 nitrogen and oxygen atoms in total. The van der Waals surface area contributed by atoms with Crippen LogP contribution in [0.15, 0.2) is 82.8 Å². The first-order valence-electron chi connectivity index (χ1n) is 21.2. The number of amides is 2. The van der Waals surface area contributed by atoms with Crippen LogP contribution in [0.5, 0.6) is 0 Å². The topological polar surface area (TPSA) is 141 Å². The van der Waals surface area contributed by atoms with Gasteiger partial charge in [-0.05, 0) is 107 Å². The summed E-state index contributed by atoms with van der Waals surface area (Å²) in [6, 6.07) is 24.5. The van der Waals surface area contributed by atoms with E-state index >= 15 is 0 Å². The van der Waals surface area contributed by atoms with Crippen LogP contribution in [0.25, 0.3) is 55.1 Å². The molecule has 4 aromatic carbocycles. The molecule has 4 atom stereocenters. The predicted octanol–water partition coefficient (Wildman–Crippen LogP) is 9.43. The van der Waals surface area contributed by atoms with E-state index < -0.39 is 12.1 Å². The highest BCUT2D eigenvalue weighted by Crippen LogP contribution is 2.37. The Morgan fingerprint density at radius 2 is 1.02 bits per heavy atom. The molecular formula is C48H56N8O4. The van der Waals surface area contributed by atoms with Gasteiger partial charge >= 0.3 is 0 Å². The molecule has 4 heterocycles. The molecule has 2 aromatic heterocycles. The summed E-state index contributed by atoms with van der Waals surface area (Å²) in [5, 5.41) is 2.29. The third kappa shape index (κ3) is 7.99. The highest BCUT2D eigenvalue weighted by molar-refractivity contribution is 5.93. The fraction of sp³-hybridized carbons (Fsp3) is 0.417. The summed E-state index contributed by atoms with van der Waals surface area (Å²) in [6.45, 7) is 13.0. The zero-order chi connectivity index (χ0) is 42.2. The molecule has 0 saturated carbocycles. The van der Waals surface area contributed by atoms with Crippen molar-refractivity contribution in [3.8, 4) is 22.3 Å². The van der Waals surface area contributed by atoms with Crippen molar-refractivity contribution < 1.29 is 19.1 Å². The average Bonchev–Trinajstić information content (AvgIpc) is 4.08. The number of likely N-dealkylation sites (tertiary alicyclic amines) is 2. The van der Waals surface area contributed by atoms with Gasteiger partial charge in [-0.25, -0.2) is 20.0 Å². The molecule has 0 spiro atoms. The van der Waals surface area contributed by atoms with E-state index in [9.17, 15) is 9.59 Å². The number of fused-ring (bicyclic) bond motifs is 3. The number of nitrogens with one attached hydrogen (secondary N) is 2. The smallest absolute Gasteiger partial charge is 0.248 e. The molecule has 6 aromatic rings.